The Balaban J connectivity index is 1.51. The topological polar surface area (TPSA) is 78.1 Å². The van der Waals surface area contributed by atoms with Crippen molar-refractivity contribution in [2.24, 2.45) is 0 Å². The van der Waals surface area contributed by atoms with E-state index in [2.05, 4.69) is 15.3 Å². The smallest absolute Gasteiger partial charge is 0.255 e. The molecule has 6 nitrogen and oxygen atoms in total. The number of H-pyrrole nitrogens is 1. The number of nitrogens with zero attached hydrogens (tertiary/aromatic N) is 2. The van der Waals surface area contributed by atoms with Gasteiger partial charge in [0.2, 0.25) is 5.91 Å². The van der Waals surface area contributed by atoms with Gasteiger partial charge in [0.25, 0.3) is 5.91 Å². The summed E-state index contributed by atoms with van der Waals surface area (Å²) < 4.78 is 14.3. The molecule has 0 spiro atoms. The summed E-state index contributed by atoms with van der Waals surface area (Å²) in [4.78, 5) is 33.9. The molecule has 3 aromatic rings. The lowest BCUT2D eigenvalue weighted by Crippen LogP contribution is -2.38. The molecule has 4 rings (SSSR count). The summed E-state index contributed by atoms with van der Waals surface area (Å²) in [5.74, 6) is -0.372. The highest BCUT2D eigenvalue weighted by atomic mass is 19.1. The van der Waals surface area contributed by atoms with Crippen molar-refractivity contribution < 1.29 is 14.0 Å². The summed E-state index contributed by atoms with van der Waals surface area (Å²) in [7, 11) is 1.81. The van der Waals surface area contributed by atoms with Crippen LogP contribution in [0.5, 0.6) is 0 Å². The summed E-state index contributed by atoms with van der Waals surface area (Å²) in [5, 5.41) is 3.80. The van der Waals surface area contributed by atoms with Crippen LogP contribution in [0.15, 0.2) is 36.7 Å². The van der Waals surface area contributed by atoms with E-state index in [1.807, 2.05) is 32.0 Å². The van der Waals surface area contributed by atoms with E-state index in [-0.39, 0.29) is 29.7 Å². The van der Waals surface area contributed by atoms with Gasteiger partial charge in [-0.1, -0.05) is 6.92 Å². The summed E-state index contributed by atoms with van der Waals surface area (Å²) in [6, 6.07) is 7.18. The van der Waals surface area contributed by atoms with Crippen LogP contribution >= 0.6 is 0 Å². The van der Waals surface area contributed by atoms with E-state index in [0.29, 0.717) is 28.8 Å². The number of hydrogen-bond acceptors (Lipinski definition) is 3. The Morgan fingerprint density at radius 3 is 2.84 bits per heavy atom. The lowest BCUT2D eigenvalue weighted by molar-refractivity contribution is -0.121. The van der Waals surface area contributed by atoms with Gasteiger partial charge < -0.3 is 15.2 Å². The molecule has 162 valence electrons. The summed E-state index contributed by atoms with van der Waals surface area (Å²) >= 11 is 0. The van der Waals surface area contributed by atoms with Gasteiger partial charge in [-0.05, 0) is 56.0 Å². The van der Waals surface area contributed by atoms with Crippen LogP contribution in [0, 0.1) is 12.7 Å². The van der Waals surface area contributed by atoms with Crippen LogP contribution < -0.4 is 5.32 Å². The average Bonchev–Trinajstić information content (AvgIpc) is 3.42. The minimum Gasteiger partial charge on any atom is -0.359 e. The number of amides is 2. The van der Waals surface area contributed by atoms with E-state index in [1.165, 1.54) is 6.07 Å². The number of fused-ring (bicyclic) bond motifs is 1. The maximum atomic E-state index is 14.3. The third kappa shape index (κ3) is 4.17. The molecule has 2 N–H and O–H groups in total. The van der Waals surface area contributed by atoms with Crippen molar-refractivity contribution in [3.05, 3.63) is 53.6 Å². The van der Waals surface area contributed by atoms with Crippen LogP contribution in [0.2, 0.25) is 0 Å². The molecule has 1 saturated carbocycles. The molecule has 2 unspecified atom stereocenters. The molecule has 1 aromatic carbocycles. The van der Waals surface area contributed by atoms with Crippen LogP contribution in [-0.4, -0.2) is 45.8 Å². The predicted molar refractivity (Wildman–Crippen MR) is 118 cm³/mol. The number of carbonyl (C=O) groups excluding carboxylic acids is 2. The summed E-state index contributed by atoms with van der Waals surface area (Å²) in [5.41, 5.74) is 3.10. The van der Waals surface area contributed by atoms with Gasteiger partial charge in [-0.2, -0.15) is 0 Å². The molecule has 1 fully saturated rings. The number of carbonyl (C=O) groups is 2. The molecule has 31 heavy (non-hydrogen) atoms. The van der Waals surface area contributed by atoms with E-state index in [0.717, 1.165) is 30.2 Å². The molecule has 0 aliphatic heterocycles. The number of hydrogen-bond donors (Lipinski definition) is 2. The van der Waals surface area contributed by atoms with Crippen molar-refractivity contribution in [3.8, 4) is 11.3 Å². The SMILES string of the molecule is CCC(=O)NC1CCC(N(C)C(=O)c2cnc(-c3cc(F)c4[nH]ccc4c3)cc2C)C1. The third-order valence-corrected chi connectivity index (χ3v) is 6.21. The molecule has 0 saturated heterocycles. The van der Waals surface area contributed by atoms with Crippen LogP contribution in [0.3, 0.4) is 0 Å². The van der Waals surface area contributed by atoms with Gasteiger partial charge in [0.15, 0.2) is 0 Å². The number of halogens is 1. The van der Waals surface area contributed by atoms with Crippen molar-refractivity contribution in [1.82, 2.24) is 20.2 Å². The molecule has 7 heteroatoms. The highest BCUT2D eigenvalue weighted by Gasteiger charge is 2.31. The zero-order valence-electron chi connectivity index (χ0n) is 18.0. The van der Waals surface area contributed by atoms with Crippen LogP contribution in [-0.2, 0) is 4.79 Å². The predicted octanol–water partition coefficient (Wildman–Crippen LogP) is 4.20. The number of benzene rings is 1. The number of aromatic nitrogens is 2. The maximum Gasteiger partial charge on any atom is 0.255 e. The molecule has 0 bridgehead atoms. The van der Waals surface area contributed by atoms with Crippen molar-refractivity contribution in [1.29, 1.82) is 0 Å². The first-order valence-electron chi connectivity index (χ1n) is 10.7. The fourth-order valence-electron chi connectivity index (χ4n) is 4.34. The first-order chi connectivity index (χ1) is 14.9. The monoisotopic (exact) mass is 422 g/mol. The minimum atomic E-state index is -0.331. The van der Waals surface area contributed by atoms with Gasteiger partial charge in [0.1, 0.15) is 5.82 Å². The lowest BCUT2D eigenvalue weighted by Gasteiger charge is -2.25. The summed E-state index contributed by atoms with van der Waals surface area (Å²) in [6.45, 7) is 3.71. The number of nitrogens with one attached hydrogen (secondary N) is 2. The minimum absolute atomic E-state index is 0.0459. The molecule has 2 atom stereocenters. The van der Waals surface area contributed by atoms with E-state index in [1.54, 1.807) is 24.3 Å². The largest absolute Gasteiger partial charge is 0.359 e. The second-order valence-electron chi connectivity index (χ2n) is 8.29. The molecule has 2 aromatic heterocycles. The Labute approximate surface area is 180 Å². The first kappa shape index (κ1) is 21.0. The van der Waals surface area contributed by atoms with Crippen LogP contribution in [0.4, 0.5) is 4.39 Å². The highest BCUT2D eigenvalue weighted by Crippen LogP contribution is 2.28. The van der Waals surface area contributed by atoms with Crippen molar-refractivity contribution in [3.63, 3.8) is 0 Å². The van der Waals surface area contributed by atoms with Crippen molar-refractivity contribution >= 4 is 22.7 Å². The van der Waals surface area contributed by atoms with Crippen molar-refractivity contribution in [2.75, 3.05) is 7.05 Å². The molecule has 1 aliphatic carbocycles. The van der Waals surface area contributed by atoms with Crippen LogP contribution in [0.25, 0.3) is 22.2 Å². The quantitative estimate of drug-likeness (QED) is 0.647. The Morgan fingerprint density at radius 1 is 1.29 bits per heavy atom. The number of pyridine rings is 1. The number of aromatic amines is 1. The Kier molecular flexibility index (Phi) is 5.76. The van der Waals surface area contributed by atoms with Gasteiger partial charge in [-0.3, -0.25) is 14.6 Å². The normalized spacial score (nSPS) is 18.3. The van der Waals surface area contributed by atoms with E-state index >= 15 is 0 Å². The molecule has 1 aliphatic rings. The van der Waals surface area contributed by atoms with Gasteiger partial charge in [0.05, 0.1) is 16.8 Å². The van der Waals surface area contributed by atoms with E-state index in [4.69, 9.17) is 0 Å². The Morgan fingerprint density at radius 2 is 2.10 bits per heavy atom. The van der Waals surface area contributed by atoms with Gasteiger partial charge in [0, 0.05) is 48.9 Å². The standard InChI is InChI=1S/C24H27FN4O2/c1-4-22(30)28-17-5-6-18(12-17)29(3)24(31)19-13-27-21(9-14(19)2)16-10-15-7-8-26-23(15)20(25)11-16/h7-11,13,17-18,26H,4-6,12H2,1-3H3,(H,28,30). The van der Waals surface area contributed by atoms with E-state index in [9.17, 15) is 14.0 Å². The molecular weight excluding hydrogens is 395 g/mol. The Hall–Kier alpha value is -3.22. The Bertz CT molecular complexity index is 1140. The molecular formula is C24H27FN4O2. The zero-order chi connectivity index (χ0) is 22.1. The van der Waals surface area contributed by atoms with E-state index < -0.39 is 0 Å². The molecule has 2 heterocycles. The van der Waals surface area contributed by atoms with Gasteiger partial charge in [-0.15, -0.1) is 0 Å². The third-order valence-electron chi connectivity index (χ3n) is 6.21. The second-order valence-corrected chi connectivity index (χ2v) is 8.29. The number of aryl methyl sites for hydroxylation is 1. The maximum absolute atomic E-state index is 14.3. The summed E-state index contributed by atoms with van der Waals surface area (Å²) in [6.07, 6.45) is 6.24. The zero-order valence-corrected chi connectivity index (χ0v) is 18.0. The number of rotatable bonds is 5. The first-order valence-corrected chi connectivity index (χ1v) is 10.7. The fraction of sp³-hybridized carbons (Fsp3) is 0.375. The second kappa shape index (κ2) is 8.49. The van der Waals surface area contributed by atoms with Crippen LogP contribution in [0.1, 0.15) is 48.5 Å². The highest BCUT2D eigenvalue weighted by molar-refractivity contribution is 5.96. The van der Waals surface area contributed by atoms with Gasteiger partial charge in [-0.25, -0.2) is 4.39 Å². The lowest BCUT2D eigenvalue weighted by atomic mass is 10.0. The van der Waals surface area contributed by atoms with Crippen molar-refractivity contribution in [2.45, 2.75) is 51.6 Å². The fourth-order valence-corrected chi connectivity index (χ4v) is 4.34. The van der Waals surface area contributed by atoms with Gasteiger partial charge >= 0.3 is 0 Å². The molecule has 2 amide bonds. The average molecular weight is 423 g/mol. The molecule has 0 radical (unpaired) electrons.